The monoisotopic (exact) mass is 282 g/mol. The Bertz CT molecular complexity index is 475. The molecule has 0 aliphatic heterocycles. The van der Waals surface area contributed by atoms with Gasteiger partial charge in [0.1, 0.15) is 0 Å². The molecule has 0 bridgehead atoms. The first-order valence-electron chi connectivity index (χ1n) is 5.66. The second-order valence-electron chi connectivity index (χ2n) is 3.99. The average molecular weight is 283 g/mol. The number of carbonyl (C=O) groups is 2. The SMILES string of the molecule is CC(=O)OC(OC(C)=O)C(C)=Cc1ccc(Cl)cc1. The standard InChI is InChI=1S/C14H15ClO4/c1-9(8-12-4-6-13(15)7-5-12)14(18-10(2)16)19-11(3)17/h4-8,14H,1-3H3. The lowest BCUT2D eigenvalue weighted by molar-refractivity contribution is -0.177. The van der Waals surface area contributed by atoms with E-state index in [-0.39, 0.29) is 0 Å². The van der Waals surface area contributed by atoms with E-state index in [0.717, 1.165) is 5.56 Å². The molecule has 0 saturated carbocycles. The second-order valence-corrected chi connectivity index (χ2v) is 4.43. The molecule has 0 N–H and O–H groups in total. The third-order valence-electron chi connectivity index (χ3n) is 2.18. The fourth-order valence-electron chi connectivity index (χ4n) is 1.40. The molecule has 0 spiro atoms. The largest absolute Gasteiger partial charge is 0.421 e. The summed E-state index contributed by atoms with van der Waals surface area (Å²) in [6, 6.07) is 7.11. The fraction of sp³-hybridized carbons (Fsp3) is 0.286. The average Bonchev–Trinajstić information content (AvgIpc) is 2.30. The zero-order chi connectivity index (χ0) is 14.4. The van der Waals surface area contributed by atoms with Crippen molar-refractivity contribution in [2.24, 2.45) is 0 Å². The Labute approximate surface area is 117 Å². The summed E-state index contributed by atoms with van der Waals surface area (Å²) >= 11 is 5.79. The molecule has 102 valence electrons. The van der Waals surface area contributed by atoms with E-state index in [0.29, 0.717) is 10.6 Å². The summed E-state index contributed by atoms with van der Waals surface area (Å²) in [6.07, 6.45) is 0.748. The molecule has 1 rings (SSSR count). The number of rotatable bonds is 4. The summed E-state index contributed by atoms with van der Waals surface area (Å²) in [7, 11) is 0. The van der Waals surface area contributed by atoms with E-state index in [2.05, 4.69) is 0 Å². The third-order valence-corrected chi connectivity index (χ3v) is 2.43. The second kappa shape index (κ2) is 6.95. The van der Waals surface area contributed by atoms with E-state index in [9.17, 15) is 9.59 Å². The van der Waals surface area contributed by atoms with Gasteiger partial charge in [0.05, 0.1) is 0 Å². The van der Waals surface area contributed by atoms with Crippen LogP contribution >= 0.6 is 11.6 Å². The van der Waals surface area contributed by atoms with Crippen LogP contribution in [0.2, 0.25) is 5.02 Å². The fourth-order valence-corrected chi connectivity index (χ4v) is 1.53. The summed E-state index contributed by atoms with van der Waals surface area (Å²) in [5.41, 5.74) is 1.47. The summed E-state index contributed by atoms with van der Waals surface area (Å²) in [6.45, 7) is 4.23. The van der Waals surface area contributed by atoms with Crippen LogP contribution in [0.5, 0.6) is 0 Å². The smallest absolute Gasteiger partial charge is 0.305 e. The van der Waals surface area contributed by atoms with Gasteiger partial charge in [-0.05, 0) is 30.7 Å². The van der Waals surface area contributed by atoms with Gasteiger partial charge in [0.15, 0.2) is 0 Å². The lowest BCUT2D eigenvalue weighted by atomic mass is 10.1. The summed E-state index contributed by atoms with van der Waals surface area (Å²) in [5, 5.41) is 0.631. The van der Waals surface area contributed by atoms with Crippen molar-refractivity contribution in [3.05, 3.63) is 40.4 Å². The molecule has 0 heterocycles. The van der Waals surface area contributed by atoms with E-state index in [1.165, 1.54) is 13.8 Å². The van der Waals surface area contributed by atoms with Crippen LogP contribution in [0.15, 0.2) is 29.8 Å². The molecule has 0 aliphatic carbocycles. The number of hydrogen-bond donors (Lipinski definition) is 0. The minimum atomic E-state index is -1.01. The van der Waals surface area contributed by atoms with E-state index in [1.54, 1.807) is 25.1 Å². The first kappa shape index (κ1) is 15.2. The highest BCUT2D eigenvalue weighted by Crippen LogP contribution is 2.16. The van der Waals surface area contributed by atoms with Crippen LogP contribution in [0.1, 0.15) is 26.3 Å². The predicted molar refractivity (Wildman–Crippen MR) is 72.4 cm³/mol. The van der Waals surface area contributed by atoms with Crippen LogP contribution in [0.4, 0.5) is 0 Å². The minimum absolute atomic E-state index is 0.518. The molecular weight excluding hydrogens is 268 g/mol. The molecule has 0 fully saturated rings. The number of halogens is 1. The maximum Gasteiger partial charge on any atom is 0.305 e. The van der Waals surface area contributed by atoms with Crippen LogP contribution in [0.3, 0.4) is 0 Å². The molecule has 0 saturated heterocycles. The zero-order valence-corrected chi connectivity index (χ0v) is 11.7. The number of hydrogen-bond acceptors (Lipinski definition) is 4. The predicted octanol–water partition coefficient (Wildman–Crippen LogP) is 3.20. The molecule has 0 atom stereocenters. The molecule has 0 radical (unpaired) electrons. The zero-order valence-electron chi connectivity index (χ0n) is 11.0. The van der Waals surface area contributed by atoms with Gasteiger partial charge in [0.25, 0.3) is 6.29 Å². The molecule has 19 heavy (non-hydrogen) atoms. The Morgan fingerprint density at radius 2 is 1.53 bits per heavy atom. The van der Waals surface area contributed by atoms with Crippen LogP contribution in [-0.2, 0) is 19.1 Å². The van der Waals surface area contributed by atoms with Crippen LogP contribution in [0, 0.1) is 0 Å². The number of carbonyl (C=O) groups excluding carboxylic acids is 2. The molecule has 4 nitrogen and oxygen atoms in total. The first-order chi connectivity index (χ1) is 8.88. The Morgan fingerprint density at radius 1 is 1.05 bits per heavy atom. The number of esters is 2. The van der Waals surface area contributed by atoms with Gasteiger partial charge in [-0.2, -0.15) is 0 Å². The van der Waals surface area contributed by atoms with Crippen LogP contribution < -0.4 is 0 Å². The summed E-state index contributed by atoms with van der Waals surface area (Å²) in [5.74, 6) is -1.04. The normalized spacial score (nSPS) is 11.3. The topological polar surface area (TPSA) is 52.6 Å². The lowest BCUT2D eigenvalue weighted by Crippen LogP contribution is -2.23. The Morgan fingerprint density at radius 3 is 1.95 bits per heavy atom. The third kappa shape index (κ3) is 5.57. The van der Waals surface area contributed by atoms with Crippen molar-refractivity contribution in [1.82, 2.24) is 0 Å². The molecule has 1 aromatic carbocycles. The van der Waals surface area contributed by atoms with Crippen molar-refractivity contribution >= 4 is 29.6 Å². The van der Waals surface area contributed by atoms with Crippen molar-refractivity contribution in [3.8, 4) is 0 Å². The van der Waals surface area contributed by atoms with E-state index in [1.807, 2.05) is 12.1 Å². The first-order valence-corrected chi connectivity index (χ1v) is 6.04. The van der Waals surface area contributed by atoms with Gasteiger partial charge in [-0.25, -0.2) is 0 Å². The minimum Gasteiger partial charge on any atom is -0.421 e. The van der Waals surface area contributed by atoms with Gasteiger partial charge in [-0.1, -0.05) is 23.7 Å². The Balaban J connectivity index is 2.90. The summed E-state index contributed by atoms with van der Waals surface area (Å²) < 4.78 is 9.89. The van der Waals surface area contributed by atoms with Crippen molar-refractivity contribution in [1.29, 1.82) is 0 Å². The molecule has 0 unspecified atom stereocenters. The van der Waals surface area contributed by atoms with Crippen LogP contribution in [0.25, 0.3) is 6.08 Å². The van der Waals surface area contributed by atoms with Crippen molar-refractivity contribution in [2.45, 2.75) is 27.1 Å². The maximum absolute atomic E-state index is 11.0. The highest BCUT2D eigenvalue weighted by Gasteiger charge is 2.17. The van der Waals surface area contributed by atoms with Crippen molar-refractivity contribution in [2.75, 3.05) is 0 Å². The molecule has 0 amide bonds. The van der Waals surface area contributed by atoms with Gasteiger partial charge < -0.3 is 9.47 Å². The quantitative estimate of drug-likeness (QED) is 0.629. The Hall–Kier alpha value is -1.81. The number of benzene rings is 1. The van der Waals surface area contributed by atoms with Crippen LogP contribution in [-0.4, -0.2) is 18.2 Å². The van der Waals surface area contributed by atoms with E-state index in [4.69, 9.17) is 21.1 Å². The number of ether oxygens (including phenoxy) is 2. The van der Waals surface area contributed by atoms with E-state index < -0.39 is 18.2 Å². The van der Waals surface area contributed by atoms with Gasteiger partial charge in [0, 0.05) is 24.4 Å². The molecule has 0 aromatic heterocycles. The maximum atomic E-state index is 11.0. The van der Waals surface area contributed by atoms with Gasteiger partial charge in [0.2, 0.25) is 0 Å². The molecule has 0 aliphatic rings. The Kier molecular flexibility index (Phi) is 5.57. The van der Waals surface area contributed by atoms with Gasteiger partial charge in [-0.3, -0.25) is 9.59 Å². The highest BCUT2D eigenvalue weighted by atomic mass is 35.5. The highest BCUT2D eigenvalue weighted by molar-refractivity contribution is 6.30. The van der Waals surface area contributed by atoms with E-state index >= 15 is 0 Å². The van der Waals surface area contributed by atoms with Crippen molar-refractivity contribution in [3.63, 3.8) is 0 Å². The molecule has 5 heteroatoms. The van der Waals surface area contributed by atoms with Crippen molar-refractivity contribution < 1.29 is 19.1 Å². The van der Waals surface area contributed by atoms with Gasteiger partial charge in [-0.15, -0.1) is 0 Å². The van der Waals surface area contributed by atoms with Gasteiger partial charge >= 0.3 is 11.9 Å². The lowest BCUT2D eigenvalue weighted by Gasteiger charge is -2.17. The summed E-state index contributed by atoms with van der Waals surface area (Å²) in [4.78, 5) is 22.0. The molecule has 1 aromatic rings. The molecular formula is C14H15ClO4.